The second kappa shape index (κ2) is 14.3. The van der Waals surface area contributed by atoms with E-state index in [0.29, 0.717) is 25.2 Å². The summed E-state index contributed by atoms with van der Waals surface area (Å²) in [6.45, 7) is 6.26. The Bertz CT molecular complexity index is 822. The lowest BCUT2D eigenvalue weighted by atomic mass is 9.70. The molecule has 0 spiro atoms. The van der Waals surface area contributed by atoms with E-state index in [-0.39, 0.29) is 18.3 Å². The Morgan fingerprint density at radius 2 is 1.66 bits per heavy atom. The van der Waals surface area contributed by atoms with E-state index in [0.717, 1.165) is 49.5 Å². The predicted octanol–water partition coefficient (Wildman–Crippen LogP) is 7.04. The highest BCUT2D eigenvalue weighted by Gasteiger charge is 2.32. The lowest BCUT2D eigenvalue weighted by Crippen LogP contribution is -2.30. The molecule has 35 heavy (non-hydrogen) atoms. The molecule has 6 heteroatoms. The van der Waals surface area contributed by atoms with Crippen LogP contribution in [-0.4, -0.2) is 31.3 Å². The fourth-order valence-electron chi connectivity index (χ4n) is 5.63. The zero-order valence-electron chi connectivity index (χ0n) is 21.1. The Morgan fingerprint density at radius 1 is 1.00 bits per heavy atom. The Balaban J connectivity index is 1.36. The molecule has 0 saturated heterocycles. The average molecular weight is 489 g/mol. The molecule has 194 valence electrons. The Hall–Kier alpha value is -2.37. The lowest BCUT2D eigenvalue weighted by Gasteiger charge is -2.37. The van der Waals surface area contributed by atoms with Gasteiger partial charge in [0, 0.05) is 12.1 Å². The minimum absolute atomic E-state index is 0.0509. The van der Waals surface area contributed by atoms with Gasteiger partial charge in [-0.2, -0.15) is 0 Å². The molecule has 2 aliphatic carbocycles. The summed E-state index contributed by atoms with van der Waals surface area (Å²) in [7, 11) is 0. The minimum atomic E-state index is -0.634. The van der Waals surface area contributed by atoms with Crippen molar-refractivity contribution in [1.82, 2.24) is 0 Å². The van der Waals surface area contributed by atoms with Gasteiger partial charge >= 0.3 is 11.9 Å². The van der Waals surface area contributed by atoms with Crippen LogP contribution in [0.1, 0.15) is 94.3 Å². The van der Waals surface area contributed by atoms with Crippen LogP contribution in [0, 0.1) is 23.6 Å². The molecule has 1 aromatic rings. The van der Waals surface area contributed by atoms with Crippen LogP contribution in [0.25, 0.3) is 0 Å². The van der Waals surface area contributed by atoms with Crippen molar-refractivity contribution < 1.29 is 28.2 Å². The first-order chi connectivity index (χ1) is 17.0. The lowest BCUT2D eigenvalue weighted by molar-refractivity contribution is -0.137. The number of hydrogen-bond acceptors (Lipinski definition) is 5. The van der Waals surface area contributed by atoms with Gasteiger partial charge in [-0.3, -0.25) is 0 Å². The molecule has 0 amide bonds. The highest BCUT2D eigenvalue weighted by molar-refractivity contribution is 5.90. The van der Waals surface area contributed by atoms with Gasteiger partial charge < -0.3 is 14.2 Å². The number of benzene rings is 1. The largest absolute Gasteiger partial charge is 0.493 e. The van der Waals surface area contributed by atoms with Crippen molar-refractivity contribution in [2.75, 3.05) is 13.2 Å². The molecule has 3 rings (SSSR count). The minimum Gasteiger partial charge on any atom is -0.493 e. The van der Waals surface area contributed by atoms with Crippen molar-refractivity contribution in [2.24, 2.45) is 17.8 Å². The first-order valence-electron chi connectivity index (χ1n) is 13.4. The smallest absolute Gasteiger partial charge is 0.341 e. The summed E-state index contributed by atoms with van der Waals surface area (Å²) >= 11 is 0. The van der Waals surface area contributed by atoms with Crippen LogP contribution in [0.3, 0.4) is 0 Å². The molecule has 0 aliphatic heterocycles. The van der Waals surface area contributed by atoms with E-state index in [1.807, 2.05) is 0 Å². The van der Waals surface area contributed by atoms with E-state index in [4.69, 9.17) is 14.2 Å². The number of halogens is 1. The highest BCUT2D eigenvalue weighted by atomic mass is 19.1. The predicted molar refractivity (Wildman–Crippen MR) is 134 cm³/mol. The average Bonchev–Trinajstić information content (AvgIpc) is 2.87. The van der Waals surface area contributed by atoms with E-state index in [2.05, 4.69) is 13.5 Å². The number of carbonyl (C=O) groups excluding carboxylic acids is 2. The molecule has 0 bridgehead atoms. The van der Waals surface area contributed by atoms with Crippen LogP contribution in [0.4, 0.5) is 4.39 Å². The quantitative estimate of drug-likeness (QED) is 0.179. The number of carbonyl (C=O) groups is 2. The van der Waals surface area contributed by atoms with E-state index >= 15 is 0 Å². The fraction of sp³-hybridized carbons (Fsp3) is 0.655. The maximum absolute atomic E-state index is 14.6. The molecule has 0 N–H and O–H groups in total. The second-order valence-electron chi connectivity index (χ2n) is 10.1. The summed E-state index contributed by atoms with van der Waals surface area (Å²) in [5.74, 6) is 1.17. The van der Waals surface area contributed by atoms with Crippen LogP contribution in [0.5, 0.6) is 5.75 Å². The maximum atomic E-state index is 14.6. The number of unbranched alkanes of at least 4 members (excludes halogenated alkanes) is 1. The summed E-state index contributed by atoms with van der Waals surface area (Å²) in [5, 5.41) is 0. The molecular weight excluding hydrogens is 447 g/mol. The van der Waals surface area contributed by atoms with Crippen molar-refractivity contribution in [2.45, 2.75) is 90.1 Å². The summed E-state index contributed by atoms with van der Waals surface area (Å²) < 4.78 is 30.7. The molecule has 2 fully saturated rings. The van der Waals surface area contributed by atoms with Crippen molar-refractivity contribution in [3.05, 3.63) is 42.2 Å². The molecule has 0 aromatic heterocycles. The first kappa shape index (κ1) is 27.2. The van der Waals surface area contributed by atoms with E-state index in [9.17, 15) is 14.0 Å². The van der Waals surface area contributed by atoms with Crippen molar-refractivity contribution >= 4 is 11.9 Å². The van der Waals surface area contributed by atoms with Gasteiger partial charge in [0.25, 0.3) is 0 Å². The summed E-state index contributed by atoms with van der Waals surface area (Å²) in [4.78, 5) is 23.6. The zero-order valence-corrected chi connectivity index (χ0v) is 21.1. The van der Waals surface area contributed by atoms with Gasteiger partial charge in [0.2, 0.25) is 0 Å². The standard InChI is InChI=1S/C29H41FO5/c1-3-7-21-8-10-22(11-9-21)23-12-14-24(15-13-23)35-29(32)26-17-16-25(20-27(26)30)33-18-5-6-19-34-28(31)4-2/h4,16-17,20-24H,2-3,5-15,18-19H2,1H3. The molecular formula is C29H41FO5. The van der Waals surface area contributed by atoms with Crippen molar-refractivity contribution in [3.63, 3.8) is 0 Å². The van der Waals surface area contributed by atoms with Gasteiger partial charge in [-0.25, -0.2) is 14.0 Å². The van der Waals surface area contributed by atoms with Crippen molar-refractivity contribution in [3.8, 4) is 5.75 Å². The molecule has 2 aliphatic rings. The SMILES string of the molecule is C=CC(=O)OCCCCOc1ccc(C(=O)OC2CCC(C3CCC(CCC)CC3)CC2)c(F)c1. The van der Waals surface area contributed by atoms with Gasteiger partial charge in [-0.05, 0) is 81.3 Å². The maximum Gasteiger partial charge on any atom is 0.341 e. The number of hydrogen-bond donors (Lipinski definition) is 0. The van der Waals surface area contributed by atoms with E-state index in [1.165, 1.54) is 50.7 Å². The van der Waals surface area contributed by atoms with Crippen molar-refractivity contribution in [1.29, 1.82) is 0 Å². The zero-order chi connectivity index (χ0) is 25.0. The summed E-state index contributed by atoms with van der Waals surface area (Å²) in [5.41, 5.74) is -0.0509. The fourth-order valence-corrected chi connectivity index (χ4v) is 5.63. The third kappa shape index (κ3) is 8.66. The summed E-state index contributed by atoms with van der Waals surface area (Å²) in [6, 6.07) is 4.24. The number of ether oxygens (including phenoxy) is 3. The van der Waals surface area contributed by atoms with Crippen LogP contribution < -0.4 is 4.74 Å². The van der Waals surface area contributed by atoms with Gasteiger partial charge in [-0.1, -0.05) is 39.2 Å². The Kier molecular flexibility index (Phi) is 11.1. The third-order valence-corrected chi connectivity index (χ3v) is 7.63. The van der Waals surface area contributed by atoms with Crippen LogP contribution >= 0.6 is 0 Å². The monoisotopic (exact) mass is 488 g/mol. The molecule has 0 radical (unpaired) electrons. The van der Waals surface area contributed by atoms with E-state index in [1.54, 1.807) is 6.07 Å². The Labute approximate surface area is 209 Å². The molecule has 0 heterocycles. The van der Waals surface area contributed by atoms with Crippen LogP contribution in [0.2, 0.25) is 0 Å². The molecule has 2 saturated carbocycles. The highest BCUT2D eigenvalue weighted by Crippen LogP contribution is 2.41. The summed E-state index contributed by atoms with van der Waals surface area (Å²) in [6.07, 6.45) is 14.3. The topological polar surface area (TPSA) is 61.8 Å². The number of rotatable bonds is 12. The van der Waals surface area contributed by atoms with Crippen LogP contribution in [-0.2, 0) is 14.3 Å². The van der Waals surface area contributed by atoms with Gasteiger partial charge in [0.05, 0.1) is 18.8 Å². The Morgan fingerprint density at radius 3 is 2.29 bits per heavy atom. The van der Waals surface area contributed by atoms with E-state index < -0.39 is 17.8 Å². The molecule has 0 unspecified atom stereocenters. The first-order valence-corrected chi connectivity index (χ1v) is 13.4. The number of esters is 2. The molecule has 0 atom stereocenters. The van der Waals surface area contributed by atoms with Gasteiger partial charge in [0.1, 0.15) is 17.7 Å². The van der Waals surface area contributed by atoms with Crippen LogP contribution in [0.15, 0.2) is 30.9 Å². The van der Waals surface area contributed by atoms with Gasteiger partial charge in [0.15, 0.2) is 0 Å². The second-order valence-corrected chi connectivity index (χ2v) is 10.1. The van der Waals surface area contributed by atoms with Gasteiger partial charge in [-0.15, -0.1) is 0 Å². The third-order valence-electron chi connectivity index (χ3n) is 7.63. The normalized spacial score (nSPS) is 24.4. The molecule has 5 nitrogen and oxygen atoms in total. The molecule has 1 aromatic carbocycles.